The van der Waals surface area contributed by atoms with E-state index in [4.69, 9.17) is 10.5 Å². The summed E-state index contributed by atoms with van der Waals surface area (Å²) >= 11 is 0. The third-order valence-electron chi connectivity index (χ3n) is 3.12. The molecule has 0 spiro atoms. The summed E-state index contributed by atoms with van der Waals surface area (Å²) in [6.07, 6.45) is 1.22. The van der Waals surface area contributed by atoms with Crippen molar-refractivity contribution in [3.8, 4) is 5.75 Å². The summed E-state index contributed by atoms with van der Waals surface area (Å²) in [5.74, 6) is 0.590. The van der Waals surface area contributed by atoms with Gasteiger partial charge in [-0.05, 0) is 31.9 Å². The van der Waals surface area contributed by atoms with E-state index in [1.54, 1.807) is 6.07 Å². The predicted octanol–water partition coefficient (Wildman–Crippen LogP) is 2.54. The van der Waals surface area contributed by atoms with Crippen LogP contribution in [0.2, 0.25) is 0 Å². The molecule has 0 aliphatic rings. The molecule has 0 unspecified atom stereocenters. The Labute approximate surface area is 109 Å². The number of hydrogen-bond acceptors (Lipinski definition) is 3. The second-order valence-corrected chi connectivity index (χ2v) is 4.28. The number of benzene rings is 1. The van der Waals surface area contributed by atoms with Crippen LogP contribution in [0.5, 0.6) is 5.75 Å². The fourth-order valence-electron chi connectivity index (χ4n) is 1.66. The summed E-state index contributed by atoms with van der Waals surface area (Å²) in [6.45, 7) is 6.35. The SMILES string of the molecule is CCOc1cccc(NC(=O)C(N)(CC)CC)c1. The summed E-state index contributed by atoms with van der Waals surface area (Å²) < 4.78 is 5.38. The van der Waals surface area contributed by atoms with Gasteiger partial charge in [0, 0.05) is 11.8 Å². The monoisotopic (exact) mass is 250 g/mol. The molecule has 0 saturated heterocycles. The summed E-state index contributed by atoms with van der Waals surface area (Å²) in [4.78, 5) is 12.1. The van der Waals surface area contributed by atoms with Crippen LogP contribution in [0.15, 0.2) is 24.3 Å². The number of anilines is 1. The fourth-order valence-corrected chi connectivity index (χ4v) is 1.66. The van der Waals surface area contributed by atoms with Crippen LogP contribution in [0.1, 0.15) is 33.6 Å². The summed E-state index contributed by atoms with van der Waals surface area (Å²) in [5.41, 5.74) is 5.95. The highest BCUT2D eigenvalue weighted by Gasteiger charge is 2.29. The first-order valence-corrected chi connectivity index (χ1v) is 6.39. The van der Waals surface area contributed by atoms with Gasteiger partial charge in [0.15, 0.2) is 0 Å². The van der Waals surface area contributed by atoms with E-state index in [0.717, 1.165) is 5.75 Å². The first kappa shape index (κ1) is 14.5. The van der Waals surface area contributed by atoms with Gasteiger partial charge in [0.1, 0.15) is 5.75 Å². The van der Waals surface area contributed by atoms with E-state index in [1.165, 1.54) is 0 Å². The Morgan fingerprint density at radius 2 is 2.00 bits per heavy atom. The number of hydrogen-bond donors (Lipinski definition) is 2. The first-order chi connectivity index (χ1) is 8.55. The smallest absolute Gasteiger partial charge is 0.244 e. The molecule has 0 heterocycles. The number of amides is 1. The van der Waals surface area contributed by atoms with Gasteiger partial charge in [-0.1, -0.05) is 19.9 Å². The molecule has 0 aliphatic carbocycles. The number of ether oxygens (including phenoxy) is 1. The molecule has 1 rings (SSSR count). The lowest BCUT2D eigenvalue weighted by atomic mass is 9.93. The van der Waals surface area contributed by atoms with Crippen LogP contribution in [0, 0.1) is 0 Å². The first-order valence-electron chi connectivity index (χ1n) is 6.39. The summed E-state index contributed by atoms with van der Waals surface area (Å²) in [5, 5.41) is 2.84. The van der Waals surface area contributed by atoms with Gasteiger partial charge in [0.25, 0.3) is 0 Å². The van der Waals surface area contributed by atoms with Crippen LogP contribution < -0.4 is 15.8 Å². The number of carbonyl (C=O) groups is 1. The Balaban J connectivity index is 2.78. The van der Waals surface area contributed by atoms with E-state index >= 15 is 0 Å². The quantitative estimate of drug-likeness (QED) is 0.815. The molecule has 0 saturated carbocycles. The molecule has 18 heavy (non-hydrogen) atoms. The number of carbonyl (C=O) groups excluding carboxylic acids is 1. The normalized spacial score (nSPS) is 11.1. The second kappa shape index (κ2) is 6.40. The minimum absolute atomic E-state index is 0.152. The topological polar surface area (TPSA) is 64.3 Å². The van der Waals surface area contributed by atoms with Crippen LogP contribution in [-0.4, -0.2) is 18.1 Å². The Morgan fingerprint density at radius 3 is 2.56 bits per heavy atom. The van der Waals surface area contributed by atoms with E-state index in [2.05, 4.69) is 5.32 Å². The van der Waals surface area contributed by atoms with Gasteiger partial charge in [-0.15, -0.1) is 0 Å². The minimum Gasteiger partial charge on any atom is -0.494 e. The fraction of sp³-hybridized carbons (Fsp3) is 0.500. The van der Waals surface area contributed by atoms with E-state index in [9.17, 15) is 4.79 Å². The zero-order valence-corrected chi connectivity index (χ0v) is 11.3. The van der Waals surface area contributed by atoms with Crippen molar-refractivity contribution in [2.75, 3.05) is 11.9 Å². The lowest BCUT2D eigenvalue weighted by molar-refractivity contribution is -0.121. The molecule has 1 aromatic rings. The molecule has 3 N–H and O–H groups in total. The lowest BCUT2D eigenvalue weighted by Gasteiger charge is -2.25. The molecule has 1 amide bonds. The van der Waals surface area contributed by atoms with Crippen LogP contribution in [0.4, 0.5) is 5.69 Å². The molecule has 0 radical (unpaired) electrons. The van der Waals surface area contributed by atoms with Gasteiger partial charge in [-0.3, -0.25) is 4.79 Å². The molecule has 0 aliphatic heterocycles. The summed E-state index contributed by atoms with van der Waals surface area (Å²) in [7, 11) is 0. The highest BCUT2D eigenvalue weighted by atomic mass is 16.5. The van der Waals surface area contributed by atoms with Crippen LogP contribution in [-0.2, 0) is 4.79 Å². The van der Waals surface area contributed by atoms with Crippen molar-refractivity contribution in [2.45, 2.75) is 39.2 Å². The maximum absolute atomic E-state index is 12.1. The standard InChI is InChI=1S/C14H22N2O2/c1-4-14(15,5-2)13(17)16-11-8-7-9-12(10-11)18-6-3/h7-10H,4-6,15H2,1-3H3,(H,16,17). The Hall–Kier alpha value is -1.55. The third-order valence-corrected chi connectivity index (χ3v) is 3.12. The highest BCUT2D eigenvalue weighted by Crippen LogP contribution is 2.20. The Morgan fingerprint density at radius 1 is 1.33 bits per heavy atom. The third kappa shape index (κ3) is 3.47. The number of nitrogens with two attached hydrogens (primary N) is 1. The average molecular weight is 250 g/mol. The van der Waals surface area contributed by atoms with Crippen molar-refractivity contribution < 1.29 is 9.53 Å². The number of rotatable bonds is 6. The zero-order valence-electron chi connectivity index (χ0n) is 11.3. The van der Waals surface area contributed by atoms with Gasteiger partial charge in [-0.2, -0.15) is 0 Å². The van der Waals surface area contributed by atoms with E-state index < -0.39 is 5.54 Å². The lowest BCUT2D eigenvalue weighted by Crippen LogP contribution is -2.50. The van der Waals surface area contributed by atoms with Crippen molar-refractivity contribution in [1.82, 2.24) is 0 Å². The van der Waals surface area contributed by atoms with E-state index in [1.807, 2.05) is 39.0 Å². The molecule has 0 bridgehead atoms. The molecular weight excluding hydrogens is 228 g/mol. The molecule has 100 valence electrons. The van der Waals surface area contributed by atoms with Crippen LogP contribution in [0.3, 0.4) is 0 Å². The largest absolute Gasteiger partial charge is 0.494 e. The summed E-state index contributed by atoms with van der Waals surface area (Å²) in [6, 6.07) is 7.32. The Bertz CT molecular complexity index is 401. The Kier molecular flexibility index (Phi) is 5.16. The van der Waals surface area contributed by atoms with Crippen LogP contribution >= 0.6 is 0 Å². The molecule has 1 aromatic carbocycles. The second-order valence-electron chi connectivity index (χ2n) is 4.28. The molecule has 0 aromatic heterocycles. The van der Waals surface area contributed by atoms with Crippen molar-refractivity contribution >= 4 is 11.6 Å². The van der Waals surface area contributed by atoms with Crippen LogP contribution in [0.25, 0.3) is 0 Å². The van der Waals surface area contributed by atoms with Gasteiger partial charge in [-0.25, -0.2) is 0 Å². The molecule has 0 fully saturated rings. The predicted molar refractivity (Wildman–Crippen MR) is 73.7 cm³/mol. The zero-order chi connectivity index (χ0) is 13.6. The molecule has 4 nitrogen and oxygen atoms in total. The molecule has 0 atom stereocenters. The van der Waals surface area contributed by atoms with Crippen molar-refractivity contribution in [3.63, 3.8) is 0 Å². The van der Waals surface area contributed by atoms with E-state index in [0.29, 0.717) is 25.1 Å². The highest BCUT2D eigenvalue weighted by molar-refractivity contribution is 5.98. The van der Waals surface area contributed by atoms with Crippen molar-refractivity contribution in [1.29, 1.82) is 0 Å². The number of nitrogens with one attached hydrogen (secondary N) is 1. The minimum atomic E-state index is -0.804. The molecule has 4 heteroatoms. The van der Waals surface area contributed by atoms with Gasteiger partial charge < -0.3 is 15.8 Å². The average Bonchev–Trinajstić information content (AvgIpc) is 2.38. The van der Waals surface area contributed by atoms with Gasteiger partial charge in [0.2, 0.25) is 5.91 Å². The van der Waals surface area contributed by atoms with Gasteiger partial charge in [0.05, 0.1) is 12.1 Å². The van der Waals surface area contributed by atoms with E-state index in [-0.39, 0.29) is 5.91 Å². The maximum atomic E-state index is 12.1. The van der Waals surface area contributed by atoms with Crippen molar-refractivity contribution in [3.05, 3.63) is 24.3 Å². The van der Waals surface area contributed by atoms with Gasteiger partial charge >= 0.3 is 0 Å². The maximum Gasteiger partial charge on any atom is 0.244 e. The molecular formula is C14H22N2O2. The van der Waals surface area contributed by atoms with Crippen molar-refractivity contribution in [2.24, 2.45) is 5.73 Å².